The molecule has 6 heteroatoms. The van der Waals surface area contributed by atoms with Gasteiger partial charge in [-0.15, -0.1) is 0 Å². The molecular weight excluding hydrogens is 242 g/mol. The third kappa shape index (κ3) is 3.61. The van der Waals surface area contributed by atoms with E-state index in [1.165, 1.54) is 0 Å². The number of nitrogens with zero attached hydrogens (tertiary/aromatic N) is 1. The Labute approximate surface area is 111 Å². The highest BCUT2D eigenvalue weighted by atomic mass is 16.2. The minimum Gasteiger partial charge on any atom is -0.399 e. The fourth-order valence-electron chi connectivity index (χ4n) is 1.74. The number of rotatable bonds is 3. The van der Waals surface area contributed by atoms with Crippen molar-refractivity contribution in [2.24, 2.45) is 0 Å². The molecule has 0 bridgehead atoms. The van der Waals surface area contributed by atoms with Gasteiger partial charge >= 0.3 is 0 Å². The van der Waals surface area contributed by atoms with E-state index in [9.17, 15) is 4.79 Å². The van der Waals surface area contributed by atoms with Crippen molar-refractivity contribution in [2.75, 3.05) is 17.6 Å². The number of fused-ring (bicyclic) bond motifs is 1. The first-order valence-electron chi connectivity index (χ1n) is 6.14. The van der Waals surface area contributed by atoms with Crippen molar-refractivity contribution in [3.63, 3.8) is 0 Å². The summed E-state index contributed by atoms with van der Waals surface area (Å²) in [4.78, 5) is 19.1. The molecule has 0 aliphatic heterocycles. The van der Waals surface area contributed by atoms with E-state index in [4.69, 9.17) is 5.73 Å². The molecule has 0 radical (unpaired) electrons. The number of carbonyl (C=O) groups excluding carboxylic acids is 1. The summed E-state index contributed by atoms with van der Waals surface area (Å²) in [5, 5.41) is 5.83. The van der Waals surface area contributed by atoms with Gasteiger partial charge in [-0.3, -0.25) is 4.79 Å². The molecular formula is C13H19N5O. The van der Waals surface area contributed by atoms with Crippen molar-refractivity contribution in [3.8, 4) is 0 Å². The number of hydrogen-bond acceptors (Lipinski definition) is 4. The van der Waals surface area contributed by atoms with Crippen LogP contribution in [0.2, 0.25) is 0 Å². The van der Waals surface area contributed by atoms with E-state index in [2.05, 4.69) is 20.6 Å². The molecule has 0 fully saturated rings. The van der Waals surface area contributed by atoms with Gasteiger partial charge in [0.1, 0.15) is 0 Å². The Hall–Kier alpha value is -2.24. The lowest BCUT2D eigenvalue weighted by molar-refractivity contribution is -0.120. The lowest BCUT2D eigenvalue weighted by Gasteiger charge is -2.20. The third-order valence-corrected chi connectivity index (χ3v) is 2.44. The molecule has 19 heavy (non-hydrogen) atoms. The van der Waals surface area contributed by atoms with Gasteiger partial charge in [-0.25, -0.2) is 4.98 Å². The predicted molar refractivity (Wildman–Crippen MR) is 76.9 cm³/mol. The van der Waals surface area contributed by atoms with Crippen LogP contribution in [-0.4, -0.2) is 28.0 Å². The topological polar surface area (TPSA) is 95.8 Å². The number of nitrogen functional groups attached to an aromatic ring is 1. The number of carbonyl (C=O) groups is 1. The van der Waals surface area contributed by atoms with Crippen molar-refractivity contribution in [1.82, 2.24) is 15.3 Å². The number of H-pyrrole nitrogens is 1. The Morgan fingerprint density at radius 3 is 2.84 bits per heavy atom. The lowest BCUT2D eigenvalue weighted by Crippen LogP contribution is -2.43. The molecule has 6 nitrogen and oxygen atoms in total. The van der Waals surface area contributed by atoms with Gasteiger partial charge in [-0.2, -0.15) is 0 Å². The maximum Gasteiger partial charge on any atom is 0.239 e. The van der Waals surface area contributed by atoms with E-state index in [0.717, 1.165) is 11.0 Å². The molecule has 2 aromatic rings. The number of aromatic nitrogens is 2. The molecule has 0 atom stereocenters. The Balaban J connectivity index is 2.00. The van der Waals surface area contributed by atoms with Crippen LogP contribution in [0.25, 0.3) is 11.0 Å². The lowest BCUT2D eigenvalue weighted by atomic mass is 10.1. The monoisotopic (exact) mass is 261 g/mol. The number of nitrogens with two attached hydrogens (primary N) is 1. The van der Waals surface area contributed by atoms with Gasteiger partial charge in [-0.1, -0.05) is 0 Å². The first-order valence-corrected chi connectivity index (χ1v) is 6.14. The van der Waals surface area contributed by atoms with Gasteiger partial charge in [0.2, 0.25) is 11.9 Å². The van der Waals surface area contributed by atoms with Crippen LogP contribution in [0.5, 0.6) is 0 Å². The van der Waals surface area contributed by atoms with E-state index in [-0.39, 0.29) is 18.0 Å². The van der Waals surface area contributed by atoms with Gasteiger partial charge in [0.05, 0.1) is 17.6 Å². The minimum atomic E-state index is -0.235. The van der Waals surface area contributed by atoms with Crippen LogP contribution in [0.3, 0.4) is 0 Å². The largest absolute Gasteiger partial charge is 0.399 e. The summed E-state index contributed by atoms with van der Waals surface area (Å²) in [7, 11) is 0. The average molecular weight is 261 g/mol. The van der Waals surface area contributed by atoms with E-state index in [0.29, 0.717) is 11.6 Å². The Morgan fingerprint density at radius 2 is 2.16 bits per heavy atom. The quantitative estimate of drug-likeness (QED) is 0.629. The van der Waals surface area contributed by atoms with Crippen molar-refractivity contribution in [2.45, 2.75) is 26.3 Å². The Morgan fingerprint density at radius 1 is 1.42 bits per heavy atom. The molecule has 1 aromatic carbocycles. The highest BCUT2D eigenvalue weighted by molar-refractivity contribution is 5.83. The normalized spacial score (nSPS) is 11.5. The summed E-state index contributed by atoms with van der Waals surface area (Å²) in [5.41, 5.74) is 7.79. The fourth-order valence-corrected chi connectivity index (χ4v) is 1.74. The number of aromatic amines is 1. The zero-order chi connectivity index (χ0) is 14.0. The van der Waals surface area contributed by atoms with Crippen LogP contribution in [0, 0.1) is 0 Å². The number of benzene rings is 1. The zero-order valence-electron chi connectivity index (χ0n) is 11.4. The molecule has 0 saturated carbocycles. The molecule has 0 unspecified atom stereocenters. The van der Waals surface area contributed by atoms with E-state index >= 15 is 0 Å². The molecule has 102 valence electrons. The molecule has 5 N–H and O–H groups in total. The van der Waals surface area contributed by atoms with Gasteiger partial charge in [0.25, 0.3) is 0 Å². The molecule has 1 aromatic heterocycles. The molecule has 0 spiro atoms. The highest BCUT2D eigenvalue weighted by Crippen LogP contribution is 2.16. The second kappa shape index (κ2) is 4.79. The van der Waals surface area contributed by atoms with Crippen LogP contribution in [-0.2, 0) is 4.79 Å². The summed E-state index contributed by atoms with van der Waals surface area (Å²) < 4.78 is 0. The van der Waals surface area contributed by atoms with Crippen LogP contribution in [0.15, 0.2) is 18.2 Å². The molecule has 0 saturated heterocycles. The van der Waals surface area contributed by atoms with Crippen molar-refractivity contribution < 1.29 is 4.79 Å². The number of anilines is 2. The van der Waals surface area contributed by atoms with Crippen LogP contribution >= 0.6 is 0 Å². The Bertz CT molecular complexity index is 597. The van der Waals surface area contributed by atoms with Gasteiger partial charge in [0.15, 0.2) is 0 Å². The number of amides is 1. The Kier molecular flexibility index (Phi) is 3.33. The standard InChI is InChI=1S/C13H19N5O/c1-13(2,3)18-11(19)7-15-12-16-9-5-4-8(14)6-10(9)17-12/h4-6H,7,14H2,1-3H3,(H,18,19)(H2,15,16,17). The highest BCUT2D eigenvalue weighted by Gasteiger charge is 2.13. The summed E-state index contributed by atoms with van der Waals surface area (Å²) >= 11 is 0. The molecule has 1 heterocycles. The first kappa shape index (κ1) is 13.2. The smallest absolute Gasteiger partial charge is 0.239 e. The first-order chi connectivity index (χ1) is 8.83. The van der Waals surface area contributed by atoms with Gasteiger partial charge in [-0.05, 0) is 39.0 Å². The molecule has 0 aliphatic rings. The summed E-state index contributed by atoms with van der Waals surface area (Å²) in [6.07, 6.45) is 0. The minimum absolute atomic E-state index is 0.0764. The van der Waals surface area contributed by atoms with Gasteiger partial charge < -0.3 is 21.4 Å². The summed E-state index contributed by atoms with van der Waals surface area (Å²) in [6.45, 7) is 5.99. The van der Waals surface area contributed by atoms with Crippen LogP contribution < -0.4 is 16.4 Å². The number of hydrogen-bond donors (Lipinski definition) is 4. The third-order valence-electron chi connectivity index (χ3n) is 2.44. The van der Waals surface area contributed by atoms with E-state index in [1.54, 1.807) is 6.07 Å². The predicted octanol–water partition coefficient (Wildman–Crippen LogP) is 1.47. The molecule has 2 rings (SSSR count). The van der Waals surface area contributed by atoms with Gasteiger partial charge in [0, 0.05) is 11.2 Å². The number of nitrogens with one attached hydrogen (secondary N) is 3. The molecule has 1 amide bonds. The van der Waals surface area contributed by atoms with Crippen LogP contribution in [0.4, 0.5) is 11.6 Å². The summed E-state index contributed by atoms with van der Waals surface area (Å²) in [5.74, 6) is 0.483. The van der Waals surface area contributed by atoms with Crippen molar-refractivity contribution >= 4 is 28.6 Å². The SMILES string of the molecule is CC(C)(C)NC(=O)CNc1nc2ccc(N)cc2[nH]1. The zero-order valence-corrected chi connectivity index (χ0v) is 11.4. The van der Waals surface area contributed by atoms with E-state index < -0.39 is 0 Å². The molecule has 0 aliphatic carbocycles. The maximum atomic E-state index is 11.7. The van der Waals surface area contributed by atoms with Crippen molar-refractivity contribution in [1.29, 1.82) is 0 Å². The van der Waals surface area contributed by atoms with E-state index in [1.807, 2.05) is 32.9 Å². The fraction of sp³-hybridized carbons (Fsp3) is 0.385. The average Bonchev–Trinajstić information content (AvgIpc) is 2.66. The van der Waals surface area contributed by atoms with Crippen molar-refractivity contribution in [3.05, 3.63) is 18.2 Å². The maximum absolute atomic E-state index is 11.7. The summed E-state index contributed by atoms with van der Waals surface area (Å²) in [6, 6.07) is 5.43. The van der Waals surface area contributed by atoms with Crippen LogP contribution in [0.1, 0.15) is 20.8 Å². The second-order valence-electron chi connectivity index (χ2n) is 5.51. The number of imidazole rings is 1. The second-order valence-corrected chi connectivity index (χ2v) is 5.51.